The van der Waals surface area contributed by atoms with Crippen LogP contribution in [-0.4, -0.2) is 6.61 Å². The normalized spacial score (nSPS) is 10.1. The van der Waals surface area contributed by atoms with Crippen LogP contribution >= 0.6 is 0 Å². The van der Waals surface area contributed by atoms with Crippen molar-refractivity contribution < 1.29 is 4.74 Å². The van der Waals surface area contributed by atoms with Crippen molar-refractivity contribution in [2.45, 2.75) is 32.6 Å². The van der Waals surface area contributed by atoms with Gasteiger partial charge in [0.05, 0.1) is 6.61 Å². The highest BCUT2D eigenvalue weighted by atomic mass is 16.5. The molecule has 0 aliphatic heterocycles. The molecule has 0 unspecified atom stereocenters. The highest BCUT2D eigenvalue weighted by molar-refractivity contribution is 5.35. The predicted octanol–water partition coefficient (Wildman–Crippen LogP) is 3.83. The van der Waals surface area contributed by atoms with Gasteiger partial charge in [-0.25, -0.2) is 0 Å². The van der Waals surface area contributed by atoms with Crippen LogP contribution in [-0.2, 0) is 0 Å². The van der Waals surface area contributed by atoms with Gasteiger partial charge < -0.3 is 4.74 Å². The van der Waals surface area contributed by atoms with Crippen molar-refractivity contribution in [3.63, 3.8) is 0 Å². The van der Waals surface area contributed by atoms with Crippen LogP contribution in [0.2, 0.25) is 0 Å². The number of hydrogen-bond acceptors (Lipinski definition) is 1. The minimum absolute atomic E-state index is 0.812. The topological polar surface area (TPSA) is 9.23 Å². The Hall–Kier alpha value is -0.980. The molecule has 0 heterocycles. The van der Waals surface area contributed by atoms with Gasteiger partial charge in [-0.1, -0.05) is 44.4 Å². The zero-order chi connectivity index (χ0) is 10.2. The summed E-state index contributed by atoms with van der Waals surface area (Å²) in [5.41, 5.74) is 0.975. The van der Waals surface area contributed by atoms with E-state index in [9.17, 15) is 0 Å². The molecule has 0 N–H and O–H groups in total. The molecular weight excluding hydrogens is 172 g/mol. The maximum Gasteiger partial charge on any atom is 0.122 e. The molecule has 1 rings (SSSR count). The van der Waals surface area contributed by atoms with Gasteiger partial charge in [-0.05, 0) is 25.0 Å². The summed E-state index contributed by atoms with van der Waals surface area (Å²) >= 11 is 0. The molecule has 0 saturated heterocycles. The lowest BCUT2D eigenvalue weighted by atomic mass is 10.2. The minimum atomic E-state index is 0.812. The summed E-state index contributed by atoms with van der Waals surface area (Å²) in [7, 11) is 0. The molecule has 14 heavy (non-hydrogen) atoms. The highest BCUT2D eigenvalue weighted by Gasteiger charge is 1.96. The van der Waals surface area contributed by atoms with E-state index >= 15 is 0 Å². The van der Waals surface area contributed by atoms with E-state index in [4.69, 9.17) is 4.74 Å². The monoisotopic (exact) mass is 191 g/mol. The van der Waals surface area contributed by atoms with E-state index < -0.39 is 0 Å². The second-order valence-corrected chi connectivity index (χ2v) is 3.52. The van der Waals surface area contributed by atoms with Crippen molar-refractivity contribution in [3.05, 3.63) is 36.8 Å². The van der Waals surface area contributed by atoms with Crippen LogP contribution in [0.15, 0.2) is 24.3 Å². The van der Waals surface area contributed by atoms with Crippen LogP contribution in [0.3, 0.4) is 0 Å². The van der Waals surface area contributed by atoms with Crippen LogP contribution in [0.25, 0.3) is 0 Å². The standard InChI is InChI=1S/C13H19O/c1-3-4-5-8-11-14-13-10-7-6-9-12(13)2/h6-7,9-10H,2-5,8,11H2,1H3. The number of rotatable bonds is 6. The first-order valence-corrected chi connectivity index (χ1v) is 5.38. The van der Waals surface area contributed by atoms with E-state index in [1.807, 2.05) is 24.3 Å². The summed E-state index contributed by atoms with van der Waals surface area (Å²) in [4.78, 5) is 0. The molecule has 0 aliphatic carbocycles. The first-order chi connectivity index (χ1) is 6.84. The Labute approximate surface area is 87.1 Å². The molecule has 1 heteroatoms. The van der Waals surface area contributed by atoms with Crippen molar-refractivity contribution in [1.82, 2.24) is 0 Å². The van der Waals surface area contributed by atoms with Crippen LogP contribution in [0.4, 0.5) is 0 Å². The average molecular weight is 191 g/mol. The average Bonchev–Trinajstić information content (AvgIpc) is 2.20. The maximum atomic E-state index is 5.62. The van der Waals surface area contributed by atoms with Gasteiger partial charge in [0.2, 0.25) is 0 Å². The van der Waals surface area contributed by atoms with Gasteiger partial charge in [-0.15, -0.1) is 0 Å². The highest BCUT2D eigenvalue weighted by Crippen LogP contribution is 2.16. The van der Waals surface area contributed by atoms with Gasteiger partial charge in [0, 0.05) is 0 Å². The third-order valence-corrected chi connectivity index (χ3v) is 2.23. The lowest BCUT2D eigenvalue weighted by molar-refractivity contribution is 0.304. The lowest BCUT2D eigenvalue weighted by Crippen LogP contribution is -1.98. The Morgan fingerprint density at radius 2 is 1.93 bits per heavy atom. The Morgan fingerprint density at radius 3 is 2.64 bits per heavy atom. The second-order valence-electron chi connectivity index (χ2n) is 3.52. The van der Waals surface area contributed by atoms with E-state index in [1.165, 1.54) is 19.3 Å². The van der Waals surface area contributed by atoms with E-state index in [0.717, 1.165) is 24.3 Å². The van der Waals surface area contributed by atoms with Crippen molar-refractivity contribution in [1.29, 1.82) is 0 Å². The lowest BCUT2D eigenvalue weighted by Gasteiger charge is -2.07. The Kier molecular flexibility index (Phi) is 5.13. The van der Waals surface area contributed by atoms with Gasteiger partial charge >= 0.3 is 0 Å². The summed E-state index contributed by atoms with van der Waals surface area (Å²) in [6.07, 6.45) is 4.97. The molecule has 1 aromatic rings. The van der Waals surface area contributed by atoms with Crippen LogP contribution in [0, 0.1) is 6.92 Å². The summed E-state index contributed by atoms with van der Waals surface area (Å²) in [6, 6.07) is 7.91. The zero-order valence-corrected chi connectivity index (χ0v) is 8.96. The van der Waals surface area contributed by atoms with Crippen LogP contribution in [0.1, 0.15) is 38.2 Å². The SMILES string of the molecule is [CH2]c1ccccc1OCCCCCC. The molecule has 0 atom stereocenters. The third kappa shape index (κ3) is 3.82. The predicted molar refractivity (Wildman–Crippen MR) is 60.5 cm³/mol. The van der Waals surface area contributed by atoms with Crippen molar-refractivity contribution in [3.8, 4) is 5.75 Å². The summed E-state index contributed by atoms with van der Waals surface area (Å²) in [5, 5.41) is 0. The van der Waals surface area contributed by atoms with Crippen molar-refractivity contribution in [2.24, 2.45) is 0 Å². The Bertz CT molecular complexity index is 255. The van der Waals surface area contributed by atoms with Crippen LogP contribution in [0.5, 0.6) is 5.75 Å². The van der Waals surface area contributed by atoms with Crippen molar-refractivity contribution >= 4 is 0 Å². The number of ether oxygens (including phenoxy) is 1. The number of unbranched alkanes of at least 4 members (excludes halogenated alkanes) is 3. The summed E-state index contributed by atoms with van der Waals surface area (Å²) in [6.45, 7) is 6.94. The number of para-hydroxylation sites is 1. The molecule has 0 fully saturated rings. The first kappa shape index (κ1) is 11.1. The van der Waals surface area contributed by atoms with Crippen molar-refractivity contribution in [2.75, 3.05) is 6.61 Å². The molecule has 77 valence electrons. The van der Waals surface area contributed by atoms with Gasteiger partial charge in [-0.3, -0.25) is 0 Å². The zero-order valence-electron chi connectivity index (χ0n) is 8.96. The van der Waals surface area contributed by atoms with Gasteiger partial charge in [-0.2, -0.15) is 0 Å². The van der Waals surface area contributed by atoms with E-state index in [0.29, 0.717) is 0 Å². The van der Waals surface area contributed by atoms with Gasteiger partial charge in [0.15, 0.2) is 0 Å². The smallest absolute Gasteiger partial charge is 0.122 e. The fourth-order valence-electron chi connectivity index (χ4n) is 1.36. The fourth-order valence-corrected chi connectivity index (χ4v) is 1.36. The van der Waals surface area contributed by atoms with E-state index in [1.54, 1.807) is 0 Å². The Balaban J connectivity index is 2.21. The fraction of sp³-hybridized carbons (Fsp3) is 0.462. The van der Waals surface area contributed by atoms with Gasteiger partial charge in [0.1, 0.15) is 5.75 Å². The molecule has 0 bridgehead atoms. The number of hydrogen-bond donors (Lipinski definition) is 0. The molecule has 0 spiro atoms. The molecule has 0 saturated carbocycles. The molecular formula is C13H19O. The molecule has 1 radical (unpaired) electrons. The van der Waals surface area contributed by atoms with Crippen LogP contribution < -0.4 is 4.74 Å². The molecule has 1 nitrogen and oxygen atoms in total. The quantitative estimate of drug-likeness (QED) is 0.621. The summed E-state index contributed by atoms with van der Waals surface area (Å²) < 4.78 is 5.62. The molecule has 1 aromatic carbocycles. The minimum Gasteiger partial charge on any atom is -0.493 e. The Morgan fingerprint density at radius 1 is 1.14 bits per heavy atom. The summed E-state index contributed by atoms with van der Waals surface area (Å²) in [5.74, 6) is 0.920. The molecule has 0 aliphatic rings. The molecule has 0 aromatic heterocycles. The van der Waals surface area contributed by atoms with E-state index in [2.05, 4.69) is 13.8 Å². The van der Waals surface area contributed by atoms with Gasteiger partial charge in [0.25, 0.3) is 0 Å². The van der Waals surface area contributed by atoms with E-state index in [-0.39, 0.29) is 0 Å². The maximum absolute atomic E-state index is 5.62. The third-order valence-electron chi connectivity index (χ3n) is 2.23. The second kappa shape index (κ2) is 6.47. The first-order valence-electron chi connectivity index (χ1n) is 5.38. The largest absolute Gasteiger partial charge is 0.493 e. The molecule has 0 amide bonds. The number of benzene rings is 1.